The number of hydrogen-bond donors (Lipinski definition) is 2. The van der Waals surface area contributed by atoms with Gasteiger partial charge in [0.1, 0.15) is 0 Å². The van der Waals surface area contributed by atoms with E-state index in [4.69, 9.17) is 0 Å². The van der Waals surface area contributed by atoms with Gasteiger partial charge in [-0.3, -0.25) is 14.3 Å². The molecular formula is C18H18N4O2. The SMILES string of the molecule is Cc1[nH]c(=O)ccc1C(=O)NCc1cccc(-c2cnn(C)c2)c1. The van der Waals surface area contributed by atoms with Crippen molar-refractivity contribution in [3.05, 3.63) is 76.0 Å². The zero-order valence-electron chi connectivity index (χ0n) is 13.5. The van der Waals surface area contributed by atoms with Gasteiger partial charge in [-0.1, -0.05) is 18.2 Å². The molecule has 0 aliphatic rings. The first-order chi connectivity index (χ1) is 11.5. The zero-order valence-corrected chi connectivity index (χ0v) is 13.5. The van der Waals surface area contributed by atoms with Crippen molar-refractivity contribution in [2.24, 2.45) is 7.05 Å². The zero-order chi connectivity index (χ0) is 17.1. The van der Waals surface area contributed by atoms with Gasteiger partial charge in [-0.05, 0) is 30.2 Å². The predicted octanol–water partition coefficient (Wildman–Crippen LogP) is 2.01. The molecule has 6 nitrogen and oxygen atoms in total. The third kappa shape index (κ3) is 3.43. The Hall–Kier alpha value is -3.15. The van der Waals surface area contributed by atoms with E-state index in [9.17, 15) is 9.59 Å². The highest BCUT2D eigenvalue weighted by Gasteiger charge is 2.09. The van der Waals surface area contributed by atoms with Crippen LogP contribution in [0.15, 0.2) is 53.6 Å². The Balaban J connectivity index is 1.72. The molecule has 3 aromatic rings. The van der Waals surface area contributed by atoms with Gasteiger partial charge in [-0.2, -0.15) is 5.10 Å². The van der Waals surface area contributed by atoms with Gasteiger partial charge in [0, 0.05) is 37.1 Å². The van der Waals surface area contributed by atoms with Crippen molar-refractivity contribution in [3.63, 3.8) is 0 Å². The quantitative estimate of drug-likeness (QED) is 0.771. The summed E-state index contributed by atoms with van der Waals surface area (Å²) in [7, 11) is 1.88. The van der Waals surface area contributed by atoms with Crippen molar-refractivity contribution in [1.29, 1.82) is 0 Å². The summed E-state index contributed by atoms with van der Waals surface area (Å²) in [6, 6.07) is 10.8. The van der Waals surface area contributed by atoms with Crippen LogP contribution in [0.1, 0.15) is 21.6 Å². The van der Waals surface area contributed by atoms with E-state index in [1.165, 1.54) is 12.1 Å². The molecule has 0 saturated heterocycles. The molecule has 0 bridgehead atoms. The van der Waals surface area contributed by atoms with E-state index in [-0.39, 0.29) is 11.5 Å². The number of aryl methyl sites for hydroxylation is 2. The Morgan fingerprint density at radius 3 is 2.79 bits per heavy atom. The fourth-order valence-electron chi connectivity index (χ4n) is 2.53. The van der Waals surface area contributed by atoms with Gasteiger partial charge in [0.2, 0.25) is 5.56 Å². The molecule has 24 heavy (non-hydrogen) atoms. The van der Waals surface area contributed by atoms with E-state index in [1.54, 1.807) is 17.8 Å². The molecule has 0 atom stereocenters. The van der Waals surface area contributed by atoms with Crippen LogP contribution >= 0.6 is 0 Å². The molecule has 0 aliphatic carbocycles. The van der Waals surface area contributed by atoms with Crippen LogP contribution in [0.25, 0.3) is 11.1 Å². The number of carbonyl (C=O) groups is 1. The van der Waals surface area contributed by atoms with Crippen molar-refractivity contribution in [1.82, 2.24) is 20.1 Å². The first-order valence-corrected chi connectivity index (χ1v) is 7.59. The number of H-pyrrole nitrogens is 1. The molecule has 0 fully saturated rings. The maximum absolute atomic E-state index is 12.3. The first kappa shape index (κ1) is 15.7. The highest BCUT2D eigenvalue weighted by molar-refractivity contribution is 5.95. The normalized spacial score (nSPS) is 10.6. The first-order valence-electron chi connectivity index (χ1n) is 7.59. The number of aromatic amines is 1. The van der Waals surface area contributed by atoms with E-state index in [1.807, 2.05) is 37.5 Å². The van der Waals surface area contributed by atoms with Gasteiger partial charge < -0.3 is 10.3 Å². The molecule has 2 aromatic heterocycles. The number of amides is 1. The Morgan fingerprint density at radius 2 is 2.08 bits per heavy atom. The second kappa shape index (κ2) is 6.54. The van der Waals surface area contributed by atoms with E-state index < -0.39 is 0 Å². The van der Waals surface area contributed by atoms with Crippen molar-refractivity contribution in [2.45, 2.75) is 13.5 Å². The largest absolute Gasteiger partial charge is 0.348 e. The Morgan fingerprint density at radius 1 is 1.25 bits per heavy atom. The molecule has 3 rings (SSSR count). The lowest BCUT2D eigenvalue weighted by Crippen LogP contribution is -2.25. The molecule has 6 heteroatoms. The maximum atomic E-state index is 12.3. The van der Waals surface area contributed by atoms with E-state index in [0.717, 1.165) is 16.7 Å². The lowest BCUT2D eigenvalue weighted by molar-refractivity contribution is 0.0950. The van der Waals surface area contributed by atoms with E-state index in [0.29, 0.717) is 17.8 Å². The van der Waals surface area contributed by atoms with E-state index in [2.05, 4.69) is 15.4 Å². The second-order valence-electron chi connectivity index (χ2n) is 5.65. The topological polar surface area (TPSA) is 79.8 Å². The van der Waals surface area contributed by atoms with Crippen LogP contribution in [0, 0.1) is 6.92 Å². The summed E-state index contributed by atoms with van der Waals surface area (Å²) >= 11 is 0. The van der Waals surface area contributed by atoms with E-state index >= 15 is 0 Å². The Labute approximate surface area is 139 Å². The molecule has 0 radical (unpaired) electrons. The van der Waals surface area contributed by atoms with Gasteiger partial charge in [0.25, 0.3) is 5.91 Å². The summed E-state index contributed by atoms with van der Waals surface area (Å²) in [6.07, 6.45) is 3.75. The number of carbonyl (C=O) groups excluding carboxylic acids is 1. The Kier molecular flexibility index (Phi) is 4.29. The van der Waals surface area contributed by atoms with Crippen LogP contribution in [0.3, 0.4) is 0 Å². The number of rotatable bonds is 4. The monoisotopic (exact) mass is 322 g/mol. The summed E-state index contributed by atoms with van der Waals surface area (Å²) < 4.78 is 1.75. The molecule has 2 heterocycles. The highest BCUT2D eigenvalue weighted by Crippen LogP contribution is 2.19. The molecule has 1 aromatic carbocycles. The fraction of sp³-hybridized carbons (Fsp3) is 0.167. The molecular weight excluding hydrogens is 304 g/mol. The number of benzene rings is 1. The van der Waals surface area contributed by atoms with Gasteiger partial charge in [0.05, 0.1) is 11.8 Å². The van der Waals surface area contributed by atoms with Crippen molar-refractivity contribution in [2.75, 3.05) is 0 Å². The number of nitrogens with one attached hydrogen (secondary N) is 2. The van der Waals surface area contributed by atoms with Crippen LogP contribution in [0.4, 0.5) is 0 Å². The molecule has 0 unspecified atom stereocenters. The minimum atomic E-state index is -0.215. The Bertz CT molecular complexity index is 940. The third-order valence-electron chi connectivity index (χ3n) is 3.78. The van der Waals surface area contributed by atoms with Gasteiger partial charge in [-0.25, -0.2) is 0 Å². The summed E-state index contributed by atoms with van der Waals surface area (Å²) in [5.74, 6) is -0.212. The average molecular weight is 322 g/mol. The molecule has 0 saturated carbocycles. The summed E-state index contributed by atoms with van der Waals surface area (Å²) in [4.78, 5) is 26.1. The highest BCUT2D eigenvalue weighted by atomic mass is 16.1. The van der Waals surface area contributed by atoms with Crippen molar-refractivity contribution in [3.8, 4) is 11.1 Å². The lowest BCUT2D eigenvalue weighted by atomic mass is 10.1. The molecule has 1 amide bonds. The van der Waals surface area contributed by atoms with Crippen LogP contribution < -0.4 is 10.9 Å². The van der Waals surface area contributed by atoms with Gasteiger partial charge >= 0.3 is 0 Å². The minimum absolute atomic E-state index is 0.212. The standard InChI is InChI=1S/C18H18N4O2/c1-12-16(6-7-17(23)21-12)18(24)19-9-13-4-3-5-14(8-13)15-10-20-22(2)11-15/h3-8,10-11H,9H2,1-2H3,(H,19,24)(H,21,23). The smallest absolute Gasteiger partial charge is 0.253 e. The maximum Gasteiger partial charge on any atom is 0.253 e. The van der Waals surface area contributed by atoms with Crippen LogP contribution in [0.2, 0.25) is 0 Å². The fourth-order valence-corrected chi connectivity index (χ4v) is 2.53. The predicted molar refractivity (Wildman–Crippen MR) is 91.6 cm³/mol. The summed E-state index contributed by atoms with van der Waals surface area (Å²) in [6.45, 7) is 2.12. The number of aromatic nitrogens is 3. The second-order valence-corrected chi connectivity index (χ2v) is 5.65. The molecule has 0 spiro atoms. The molecule has 0 aliphatic heterocycles. The van der Waals surface area contributed by atoms with Crippen LogP contribution in [-0.2, 0) is 13.6 Å². The average Bonchev–Trinajstić information content (AvgIpc) is 2.99. The molecule has 122 valence electrons. The van der Waals surface area contributed by atoms with Gasteiger partial charge in [-0.15, -0.1) is 0 Å². The van der Waals surface area contributed by atoms with Crippen molar-refractivity contribution >= 4 is 5.91 Å². The summed E-state index contributed by atoms with van der Waals surface area (Å²) in [5.41, 5.74) is 3.89. The third-order valence-corrected chi connectivity index (χ3v) is 3.78. The lowest BCUT2D eigenvalue weighted by Gasteiger charge is -2.08. The number of hydrogen-bond acceptors (Lipinski definition) is 3. The summed E-state index contributed by atoms with van der Waals surface area (Å²) in [5, 5.41) is 7.05. The minimum Gasteiger partial charge on any atom is -0.348 e. The van der Waals surface area contributed by atoms with Crippen LogP contribution in [0.5, 0.6) is 0 Å². The van der Waals surface area contributed by atoms with Gasteiger partial charge in [0.15, 0.2) is 0 Å². The number of pyridine rings is 1. The van der Waals surface area contributed by atoms with Crippen molar-refractivity contribution < 1.29 is 4.79 Å². The van der Waals surface area contributed by atoms with Crippen LogP contribution in [-0.4, -0.2) is 20.7 Å². The molecule has 2 N–H and O–H groups in total. The number of nitrogens with zero attached hydrogens (tertiary/aromatic N) is 2.